The van der Waals surface area contributed by atoms with E-state index >= 15 is 0 Å². The Morgan fingerprint density at radius 3 is 2.82 bits per heavy atom. The van der Waals surface area contributed by atoms with Gasteiger partial charge in [0.25, 0.3) is 0 Å². The molecule has 0 radical (unpaired) electrons. The van der Waals surface area contributed by atoms with Gasteiger partial charge in [0.2, 0.25) is 5.91 Å². The van der Waals surface area contributed by atoms with Gasteiger partial charge in [0.05, 0.1) is 18.0 Å². The van der Waals surface area contributed by atoms with Crippen molar-refractivity contribution < 1.29 is 14.3 Å². The number of hydrogen-bond donors (Lipinski definition) is 1. The molecule has 1 aromatic carbocycles. The highest BCUT2D eigenvalue weighted by Gasteiger charge is 2.23. The van der Waals surface area contributed by atoms with Crippen LogP contribution in [0.25, 0.3) is 0 Å². The normalized spacial score (nSPS) is 16.9. The fourth-order valence-electron chi connectivity index (χ4n) is 2.28. The molecule has 0 saturated heterocycles. The second kappa shape index (κ2) is 6.82. The summed E-state index contributed by atoms with van der Waals surface area (Å²) in [6.45, 7) is 10.8. The summed E-state index contributed by atoms with van der Waals surface area (Å²) in [5, 5.41) is 2.95. The molecule has 0 aliphatic carbocycles. The molecule has 4 nitrogen and oxygen atoms in total. The summed E-state index contributed by atoms with van der Waals surface area (Å²) in [4.78, 5) is 12.2. The molecule has 0 saturated carbocycles. The van der Waals surface area contributed by atoms with E-state index in [1.807, 2.05) is 26.0 Å². The Bertz CT molecular complexity index is 552. The molecule has 1 aliphatic rings. The van der Waals surface area contributed by atoms with Crippen LogP contribution in [0.5, 0.6) is 11.5 Å². The largest absolute Gasteiger partial charge is 0.492 e. The van der Waals surface area contributed by atoms with Crippen molar-refractivity contribution in [2.24, 2.45) is 0 Å². The Labute approximate surface area is 137 Å². The number of carbonyl (C=O) groups is 1. The summed E-state index contributed by atoms with van der Waals surface area (Å²) in [5.74, 6) is 1.96. The van der Waals surface area contributed by atoms with E-state index in [4.69, 9.17) is 9.47 Å². The zero-order valence-electron chi connectivity index (χ0n) is 14.0. The lowest BCUT2D eigenvalue weighted by Crippen LogP contribution is -2.19. The minimum absolute atomic E-state index is 0.0214. The van der Waals surface area contributed by atoms with E-state index in [0.29, 0.717) is 23.8 Å². The number of hydrogen-bond acceptors (Lipinski definition) is 4. The van der Waals surface area contributed by atoms with Gasteiger partial charge < -0.3 is 14.8 Å². The van der Waals surface area contributed by atoms with E-state index in [2.05, 4.69) is 26.1 Å². The highest BCUT2D eigenvalue weighted by Crippen LogP contribution is 2.38. The third-order valence-electron chi connectivity index (χ3n) is 3.21. The van der Waals surface area contributed by atoms with Gasteiger partial charge in [-0.25, -0.2) is 0 Å². The fraction of sp³-hybridized carbons (Fsp3) is 0.588. The molecule has 0 spiro atoms. The van der Waals surface area contributed by atoms with E-state index in [1.54, 1.807) is 11.8 Å². The summed E-state index contributed by atoms with van der Waals surface area (Å²) in [6.07, 6.45) is 1.05. The van der Waals surface area contributed by atoms with Crippen molar-refractivity contribution in [3.05, 3.63) is 17.7 Å². The fourth-order valence-corrected chi connectivity index (χ4v) is 2.92. The molecule has 0 aromatic heterocycles. The zero-order chi connectivity index (χ0) is 16.3. The van der Waals surface area contributed by atoms with Gasteiger partial charge in [0, 0.05) is 22.8 Å². The van der Waals surface area contributed by atoms with Crippen LogP contribution in [0.15, 0.2) is 12.1 Å². The van der Waals surface area contributed by atoms with Crippen LogP contribution in [0, 0.1) is 0 Å². The van der Waals surface area contributed by atoms with Crippen molar-refractivity contribution in [2.45, 2.75) is 51.9 Å². The first-order chi connectivity index (χ1) is 10.3. The molecule has 122 valence electrons. The Kier molecular flexibility index (Phi) is 5.27. The second-order valence-corrected chi connectivity index (χ2v) is 8.27. The maximum Gasteiger partial charge on any atom is 0.234 e. The van der Waals surface area contributed by atoms with E-state index in [1.165, 1.54) is 0 Å². The number of fused-ring (bicyclic) bond motifs is 1. The van der Waals surface area contributed by atoms with Crippen LogP contribution in [-0.2, 0) is 11.2 Å². The summed E-state index contributed by atoms with van der Waals surface area (Å²) in [7, 11) is 0. The first-order valence-corrected chi connectivity index (χ1v) is 8.67. The highest BCUT2D eigenvalue weighted by atomic mass is 32.2. The molecule has 1 aromatic rings. The minimum atomic E-state index is -0.0214. The minimum Gasteiger partial charge on any atom is -0.492 e. The van der Waals surface area contributed by atoms with E-state index in [9.17, 15) is 4.79 Å². The number of amides is 1. The van der Waals surface area contributed by atoms with Crippen molar-refractivity contribution in [1.29, 1.82) is 0 Å². The molecular formula is C17H25NO3S. The van der Waals surface area contributed by atoms with Crippen LogP contribution < -0.4 is 14.8 Å². The summed E-state index contributed by atoms with van der Waals surface area (Å²) in [5.41, 5.74) is 1.83. The molecule has 5 heteroatoms. The lowest BCUT2D eigenvalue weighted by atomic mass is 10.1. The monoisotopic (exact) mass is 323 g/mol. The summed E-state index contributed by atoms with van der Waals surface area (Å²) in [6, 6.07) is 3.86. The van der Waals surface area contributed by atoms with E-state index in [0.717, 1.165) is 17.7 Å². The van der Waals surface area contributed by atoms with Gasteiger partial charge in [-0.3, -0.25) is 4.79 Å². The summed E-state index contributed by atoms with van der Waals surface area (Å²) >= 11 is 1.62. The van der Waals surface area contributed by atoms with Crippen molar-refractivity contribution in [1.82, 2.24) is 0 Å². The average molecular weight is 323 g/mol. The second-order valence-electron chi connectivity index (χ2n) is 6.47. The van der Waals surface area contributed by atoms with Crippen LogP contribution in [-0.4, -0.2) is 29.1 Å². The number of ether oxygens (including phenoxy) is 2. The predicted octanol–water partition coefficient (Wildman–Crippen LogP) is 3.88. The standard InChI is InChI=1S/C17H25NO3S/c1-6-20-15-8-12-7-11(2)21-14(12)9-13(15)18-16(19)10-22-17(3,4)5/h8-9,11H,6-7,10H2,1-5H3,(H,18,19). The van der Waals surface area contributed by atoms with Crippen LogP contribution in [0.3, 0.4) is 0 Å². The Hall–Kier alpha value is -1.36. The van der Waals surface area contributed by atoms with Gasteiger partial charge in [-0.05, 0) is 19.9 Å². The lowest BCUT2D eigenvalue weighted by Gasteiger charge is -2.18. The maximum atomic E-state index is 12.2. The molecular weight excluding hydrogens is 298 g/mol. The third kappa shape index (κ3) is 4.57. The van der Waals surface area contributed by atoms with Gasteiger partial charge >= 0.3 is 0 Å². The first-order valence-electron chi connectivity index (χ1n) is 7.68. The quantitative estimate of drug-likeness (QED) is 0.893. The molecule has 1 N–H and O–H groups in total. The van der Waals surface area contributed by atoms with E-state index < -0.39 is 0 Å². The third-order valence-corrected chi connectivity index (χ3v) is 4.48. The number of nitrogens with one attached hydrogen (secondary N) is 1. The molecule has 0 fully saturated rings. The van der Waals surface area contributed by atoms with Crippen molar-refractivity contribution >= 4 is 23.4 Å². The number of anilines is 1. The Morgan fingerprint density at radius 1 is 1.45 bits per heavy atom. The van der Waals surface area contributed by atoms with Crippen LogP contribution >= 0.6 is 11.8 Å². The van der Waals surface area contributed by atoms with Gasteiger partial charge in [-0.1, -0.05) is 20.8 Å². The van der Waals surface area contributed by atoms with Crippen molar-refractivity contribution in [2.75, 3.05) is 17.7 Å². The zero-order valence-corrected chi connectivity index (χ0v) is 14.8. The smallest absolute Gasteiger partial charge is 0.234 e. The first kappa shape index (κ1) is 17.0. The van der Waals surface area contributed by atoms with Gasteiger partial charge in [0.15, 0.2) is 0 Å². The molecule has 22 heavy (non-hydrogen) atoms. The molecule has 1 aliphatic heterocycles. The number of rotatable bonds is 5. The Morgan fingerprint density at radius 2 is 2.18 bits per heavy atom. The number of thioether (sulfide) groups is 1. The lowest BCUT2D eigenvalue weighted by molar-refractivity contribution is -0.113. The molecule has 1 unspecified atom stereocenters. The predicted molar refractivity (Wildman–Crippen MR) is 92.2 cm³/mol. The number of benzene rings is 1. The average Bonchev–Trinajstić information content (AvgIpc) is 2.75. The van der Waals surface area contributed by atoms with Crippen LogP contribution in [0.1, 0.15) is 40.2 Å². The van der Waals surface area contributed by atoms with Crippen LogP contribution in [0.2, 0.25) is 0 Å². The molecule has 2 rings (SSSR count). The van der Waals surface area contributed by atoms with E-state index in [-0.39, 0.29) is 16.8 Å². The molecule has 1 heterocycles. The van der Waals surface area contributed by atoms with Gasteiger partial charge in [-0.2, -0.15) is 0 Å². The molecule has 1 atom stereocenters. The SMILES string of the molecule is CCOc1cc2c(cc1NC(=O)CSC(C)(C)C)OC(C)C2. The Balaban J connectivity index is 2.12. The molecule has 1 amide bonds. The van der Waals surface area contributed by atoms with Crippen molar-refractivity contribution in [3.63, 3.8) is 0 Å². The van der Waals surface area contributed by atoms with Gasteiger partial charge in [-0.15, -0.1) is 11.8 Å². The van der Waals surface area contributed by atoms with Gasteiger partial charge in [0.1, 0.15) is 17.6 Å². The summed E-state index contributed by atoms with van der Waals surface area (Å²) < 4.78 is 11.5. The molecule has 0 bridgehead atoms. The van der Waals surface area contributed by atoms with Crippen molar-refractivity contribution in [3.8, 4) is 11.5 Å². The highest BCUT2D eigenvalue weighted by molar-refractivity contribution is 8.01. The maximum absolute atomic E-state index is 12.2. The van der Waals surface area contributed by atoms with Crippen LogP contribution in [0.4, 0.5) is 5.69 Å². The topological polar surface area (TPSA) is 47.6 Å². The number of carbonyl (C=O) groups excluding carboxylic acids is 1.